The van der Waals surface area contributed by atoms with Crippen molar-refractivity contribution in [3.8, 4) is 0 Å². The molecule has 0 saturated carbocycles. The molecule has 0 rings (SSSR count). The van der Waals surface area contributed by atoms with Gasteiger partial charge in [-0.05, 0) is 162 Å². The number of nitrogens with one attached hydrogen (secondary N) is 3. The zero-order valence-corrected chi connectivity index (χ0v) is 38.1. The highest BCUT2D eigenvalue weighted by molar-refractivity contribution is 5.81. The first-order chi connectivity index (χ1) is 28.2. The fraction of sp³-hybridized carbons (Fsp3) is 0.820. The third-order valence-electron chi connectivity index (χ3n) is 10.8. The monoisotopic (exact) mass is 799 g/mol. The minimum atomic E-state index is -0.152. The van der Waals surface area contributed by atoms with E-state index in [0.717, 1.165) is 77.7 Å². The quantitative estimate of drug-likeness (QED) is 0.0310. The molecule has 0 saturated heterocycles. The topological polar surface area (TPSA) is 108 Å². The van der Waals surface area contributed by atoms with Crippen molar-refractivity contribution in [2.24, 2.45) is 11.5 Å². The molecule has 0 radical (unpaired) electrons. The number of carbonyl (C=O) groups is 1. The Bertz CT molecular complexity index is 870. The molecule has 1 atom stereocenters. The number of nitrogens with two attached hydrogens (primary N) is 2. The standard InChI is InChI=1S/C50H98N6O/c1-3-5-7-9-11-13-15-17-19-21-23-25-27-29-31-33-46-56(47-34-32-30-28-26-24-22-20-18-16-14-12-10-8-6-4-2)48-38-45-55-50(57)49(54-44-37-41-52)39-35-42-53-43-36-40-51/h11-14,17-20,49,53-54H,3-10,15-16,21-48,51-52H2,1-2H3,(H,55,57)/b13-11+,14-12+,19-17+,20-18+. The first-order valence-electron chi connectivity index (χ1n) is 24.6. The van der Waals surface area contributed by atoms with Crippen molar-refractivity contribution < 1.29 is 4.79 Å². The Kier molecular flexibility index (Phi) is 47.1. The third kappa shape index (κ3) is 43.6. The molecule has 7 nitrogen and oxygen atoms in total. The van der Waals surface area contributed by atoms with E-state index < -0.39 is 0 Å². The van der Waals surface area contributed by atoms with E-state index in [1.54, 1.807) is 0 Å². The van der Waals surface area contributed by atoms with Crippen LogP contribution in [0.2, 0.25) is 0 Å². The molecule has 0 spiro atoms. The number of rotatable bonds is 46. The van der Waals surface area contributed by atoms with Crippen molar-refractivity contribution in [3.63, 3.8) is 0 Å². The Morgan fingerprint density at radius 2 is 0.895 bits per heavy atom. The van der Waals surface area contributed by atoms with Gasteiger partial charge in [0.15, 0.2) is 0 Å². The number of unbranched alkanes of at least 4 members (excludes halogenated alkanes) is 18. The highest BCUT2D eigenvalue weighted by atomic mass is 16.2. The summed E-state index contributed by atoms with van der Waals surface area (Å²) in [6.45, 7) is 12.7. The molecule has 0 aliphatic rings. The van der Waals surface area contributed by atoms with Gasteiger partial charge in [0.05, 0.1) is 6.04 Å². The summed E-state index contributed by atoms with van der Waals surface area (Å²) in [5, 5.41) is 10.2. The smallest absolute Gasteiger partial charge is 0.237 e. The van der Waals surface area contributed by atoms with Crippen molar-refractivity contribution in [1.29, 1.82) is 0 Å². The van der Waals surface area contributed by atoms with Crippen LogP contribution in [0.3, 0.4) is 0 Å². The summed E-state index contributed by atoms with van der Waals surface area (Å²) in [5.74, 6) is 0.135. The van der Waals surface area contributed by atoms with Gasteiger partial charge < -0.3 is 32.3 Å². The van der Waals surface area contributed by atoms with Crippen molar-refractivity contribution >= 4 is 5.91 Å². The van der Waals surface area contributed by atoms with E-state index in [1.807, 2.05) is 0 Å². The fourth-order valence-electron chi connectivity index (χ4n) is 7.11. The van der Waals surface area contributed by atoms with Crippen LogP contribution in [0.25, 0.3) is 0 Å². The molecule has 0 fully saturated rings. The van der Waals surface area contributed by atoms with Crippen molar-refractivity contribution in [2.45, 2.75) is 206 Å². The maximum Gasteiger partial charge on any atom is 0.237 e. The van der Waals surface area contributed by atoms with Crippen LogP contribution in [0.5, 0.6) is 0 Å². The summed E-state index contributed by atoms with van der Waals surface area (Å²) in [6.07, 6.45) is 54.5. The molecule has 0 aliphatic heterocycles. The van der Waals surface area contributed by atoms with Crippen LogP contribution in [0.1, 0.15) is 200 Å². The van der Waals surface area contributed by atoms with Gasteiger partial charge >= 0.3 is 0 Å². The zero-order valence-electron chi connectivity index (χ0n) is 38.1. The van der Waals surface area contributed by atoms with Gasteiger partial charge in [-0.3, -0.25) is 4.79 Å². The molecule has 0 aromatic heterocycles. The molecule has 0 aromatic carbocycles. The summed E-state index contributed by atoms with van der Waals surface area (Å²) in [5.41, 5.74) is 11.3. The lowest BCUT2D eigenvalue weighted by molar-refractivity contribution is -0.123. The molecule has 1 amide bonds. The third-order valence-corrected chi connectivity index (χ3v) is 10.8. The lowest BCUT2D eigenvalue weighted by atomic mass is 10.1. The van der Waals surface area contributed by atoms with Crippen molar-refractivity contribution in [3.05, 3.63) is 48.6 Å². The molecule has 7 heteroatoms. The molecular formula is C50H98N6O. The van der Waals surface area contributed by atoms with E-state index in [9.17, 15) is 4.79 Å². The second-order valence-corrected chi connectivity index (χ2v) is 16.3. The molecule has 7 N–H and O–H groups in total. The van der Waals surface area contributed by atoms with Gasteiger partial charge in [0, 0.05) is 6.54 Å². The van der Waals surface area contributed by atoms with Gasteiger partial charge in [0.1, 0.15) is 0 Å². The summed E-state index contributed by atoms with van der Waals surface area (Å²) in [7, 11) is 0. The van der Waals surface area contributed by atoms with Crippen LogP contribution < -0.4 is 27.4 Å². The summed E-state index contributed by atoms with van der Waals surface area (Å²) >= 11 is 0. The Morgan fingerprint density at radius 3 is 1.39 bits per heavy atom. The van der Waals surface area contributed by atoms with Gasteiger partial charge in [-0.25, -0.2) is 0 Å². The van der Waals surface area contributed by atoms with Gasteiger partial charge in [0.25, 0.3) is 0 Å². The molecule has 57 heavy (non-hydrogen) atoms. The van der Waals surface area contributed by atoms with Crippen LogP contribution in [0.4, 0.5) is 0 Å². The second-order valence-electron chi connectivity index (χ2n) is 16.3. The Labute approximate surface area is 355 Å². The lowest BCUT2D eigenvalue weighted by Crippen LogP contribution is -2.45. The van der Waals surface area contributed by atoms with Crippen LogP contribution in [0, 0.1) is 0 Å². The van der Waals surface area contributed by atoms with E-state index in [-0.39, 0.29) is 11.9 Å². The Hall–Kier alpha value is -1.77. The minimum Gasteiger partial charge on any atom is -0.355 e. The number of allylic oxidation sites excluding steroid dienone is 8. The van der Waals surface area contributed by atoms with E-state index in [2.05, 4.69) is 83.3 Å². The van der Waals surface area contributed by atoms with E-state index in [0.29, 0.717) is 13.1 Å². The van der Waals surface area contributed by atoms with Crippen molar-refractivity contribution in [2.75, 3.05) is 58.9 Å². The normalized spacial score (nSPS) is 12.8. The number of amides is 1. The van der Waals surface area contributed by atoms with Gasteiger partial charge in [-0.1, -0.05) is 140 Å². The summed E-state index contributed by atoms with van der Waals surface area (Å²) in [4.78, 5) is 15.8. The highest BCUT2D eigenvalue weighted by Gasteiger charge is 2.17. The average Bonchev–Trinajstić information content (AvgIpc) is 3.22. The van der Waals surface area contributed by atoms with Gasteiger partial charge in [-0.2, -0.15) is 0 Å². The number of hydrogen-bond acceptors (Lipinski definition) is 6. The second kappa shape index (κ2) is 48.6. The fourth-order valence-corrected chi connectivity index (χ4v) is 7.11. The minimum absolute atomic E-state index is 0.135. The number of hydrogen-bond donors (Lipinski definition) is 5. The summed E-state index contributed by atoms with van der Waals surface area (Å²) < 4.78 is 0. The number of carbonyl (C=O) groups excluding carboxylic acids is 1. The van der Waals surface area contributed by atoms with Crippen LogP contribution in [0.15, 0.2) is 48.6 Å². The molecule has 0 aromatic rings. The predicted molar refractivity (Wildman–Crippen MR) is 254 cm³/mol. The first kappa shape index (κ1) is 55.2. The highest BCUT2D eigenvalue weighted by Crippen LogP contribution is 2.12. The molecule has 0 aliphatic carbocycles. The van der Waals surface area contributed by atoms with Crippen molar-refractivity contribution in [1.82, 2.24) is 20.9 Å². The molecule has 1 unspecified atom stereocenters. The molecule has 0 bridgehead atoms. The van der Waals surface area contributed by atoms with E-state index in [1.165, 1.54) is 154 Å². The maximum absolute atomic E-state index is 13.2. The maximum atomic E-state index is 13.2. The van der Waals surface area contributed by atoms with Crippen LogP contribution in [-0.4, -0.2) is 75.8 Å². The lowest BCUT2D eigenvalue weighted by Gasteiger charge is -2.23. The zero-order chi connectivity index (χ0) is 41.4. The van der Waals surface area contributed by atoms with Crippen LogP contribution in [-0.2, 0) is 4.79 Å². The SMILES string of the molecule is CCCCC/C=C/C/C=C/CCCCCCCCN(CCCCCCCC/C=C/C/C=C/CCCCC)CCCNC(=O)C(CCCNCCCN)NCCCN. The number of nitrogens with zero attached hydrogens (tertiary/aromatic N) is 1. The van der Waals surface area contributed by atoms with Gasteiger partial charge in [-0.15, -0.1) is 0 Å². The van der Waals surface area contributed by atoms with Crippen LogP contribution >= 0.6 is 0 Å². The Morgan fingerprint density at radius 1 is 0.474 bits per heavy atom. The van der Waals surface area contributed by atoms with Gasteiger partial charge in [0.2, 0.25) is 5.91 Å². The first-order valence-corrected chi connectivity index (χ1v) is 24.6. The largest absolute Gasteiger partial charge is 0.355 e. The summed E-state index contributed by atoms with van der Waals surface area (Å²) in [6, 6.07) is -0.152. The Balaban J connectivity index is 4.50. The average molecular weight is 799 g/mol. The predicted octanol–water partition coefficient (Wildman–Crippen LogP) is 11.4. The molecule has 0 heterocycles. The molecule has 334 valence electrons. The molecular weight excluding hydrogens is 701 g/mol. The van der Waals surface area contributed by atoms with E-state index in [4.69, 9.17) is 11.5 Å². The van der Waals surface area contributed by atoms with E-state index >= 15 is 0 Å².